The standard InChI is InChI=1S/C12H23NO2/c1-3-8-13-9-6-5-7-11(13)12(14)15-10-4-2/h11H,3-10H2,1-2H3. The van der Waals surface area contributed by atoms with Gasteiger partial charge in [-0.05, 0) is 38.8 Å². The number of nitrogens with zero attached hydrogens (tertiary/aromatic N) is 1. The minimum atomic E-state index is -0.00926. The lowest BCUT2D eigenvalue weighted by molar-refractivity contribution is -0.151. The van der Waals surface area contributed by atoms with Gasteiger partial charge in [0.05, 0.1) is 6.61 Å². The molecule has 0 N–H and O–H groups in total. The summed E-state index contributed by atoms with van der Waals surface area (Å²) in [6, 6.07) is 0.0326. The maximum atomic E-state index is 11.8. The molecule has 0 bridgehead atoms. The van der Waals surface area contributed by atoms with E-state index in [0.29, 0.717) is 6.61 Å². The number of piperidine rings is 1. The fourth-order valence-corrected chi connectivity index (χ4v) is 2.11. The SMILES string of the molecule is CCCOC(=O)C1CCCCN1CCC. The van der Waals surface area contributed by atoms with Crippen molar-refractivity contribution in [2.24, 2.45) is 0 Å². The summed E-state index contributed by atoms with van der Waals surface area (Å²) in [5, 5.41) is 0. The number of likely N-dealkylation sites (tertiary alicyclic amines) is 1. The second-order valence-corrected chi connectivity index (χ2v) is 4.22. The lowest BCUT2D eigenvalue weighted by Crippen LogP contribution is -2.45. The Balaban J connectivity index is 2.43. The van der Waals surface area contributed by atoms with Gasteiger partial charge in [-0.25, -0.2) is 0 Å². The summed E-state index contributed by atoms with van der Waals surface area (Å²) in [4.78, 5) is 14.1. The van der Waals surface area contributed by atoms with Crippen LogP contribution in [-0.2, 0) is 9.53 Å². The molecule has 3 nitrogen and oxygen atoms in total. The van der Waals surface area contributed by atoms with E-state index in [-0.39, 0.29) is 12.0 Å². The molecule has 0 spiro atoms. The zero-order valence-electron chi connectivity index (χ0n) is 10.00. The molecule has 1 aliphatic rings. The molecule has 0 aliphatic carbocycles. The largest absolute Gasteiger partial charge is 0.465 e. The van der Waals surface area contributed by atoms with Crippen molar-refractivity contribution in [3.8, 4) is 0 Å². The van der Waals surface area contributed by atoms with E-state index in [1.807, 2.05) is 6.92 Å². The van der Waals surface area contributed by atoms with Crippen LogP contribution < -0.4 is 0 Å². The fraction of sp³-hybridized carbons (Fsp3) is 0.917. The van der Waals surface area contributed by atoms with Gasteiger partial charge in [-0.3, -0.25) is 9.69 Å². The number of hydrogen-bond donors (Lipinski definition) is 0. The van der Waals surface area contributed by atoms with Crippen LogP contribution in [0.5, 0.6) is 0 Å². The van der Waals surface area contributed by atoms with Crippen LogP contribution in [0.3, 0.4) is 0 Å². The van der Waals surface area contributed by atoms with Crippen molar-refractivity contribution in [1.82, 2.24) is 4.90 Å². The third-order valence-electron chi connectivity index (χ3n) is 2.85. The van der Waals surface area contributed by atoms with Crippen LogP contribution in [0.4, 0.5) is 0 Å². The highest BCUT2D eigenvalue weighted by atomic mass is 16.5. The van der Waals surface area contributed by atoms with Crippen molar-refractivity contribution in [2.45, 2.75) is 52.0 Å². The van der Waals surface area contributed by atoms with Gasteiger partial charge in [0.15, 0.2) is 0 Å². The third kappa shape index (κ3) is 3.82. The van der Waals surface area contributed by atoms with E-state index >= 15 is 0 Å². The Kier molecular flexibility index (Phi) is 5.69. The number of carbonyl (C=O) groups excluding carboxylic acids is 1. The average Bonchev–Trinajstić information content (AvgIpc) is 2.27. The van der Waals surface area contributed by atoms with Crippen molar-refractivity contribution in [3.63, 3.8) is 0 Å². The van der Waals surface area contributed by atoms with E-state index in [1.54, 1.807) is 0 Å². The van der Waals surface area contributed by atoms with Gasteiger partial charge in [-0.2, -0.15) is 0 Å². The van der Waals surface area contributed by atoms with Gasteiger partial charge < -0.3 is 4.74 Å². The third-order valence-corrected chi connectivity index (χ3v) is 2.85. The normalized spacial score (nSPS) is 22.7. The van der Waals surface area contributed by atoms with Gasteiger partial charge in [-0.1, -0.05) is 20.3 Å². The summed E-state index contributed by atoms with van der Waals surface area (Å²) in [6.07, 6.45) is 5.37. The first-order valence-corrected chi connectivity index (χ1v) is 6.20. The second-order valence-electron chi connectivity index (χ2n) is 4.22. The molecule has 1 rings (SSSR count). The fourth-order valence-electron chi connectivity index (χ4n) is 2.11. The van der Waals surface area contributed by atoms with Gasteiger partial charge in [0.1, 0.15) is 6.04 Å². The summed E-state index contributed by atoms with van der Waals surface area (Å²) >= 11 is 0. The van der Waals surface area contributed by atoms with Crippen molar-refractivity contribution < 1.29 is 9.53 Å². The summed E-state index contributed by atoms with van der Waals surface area (Å²) < 4.78 is 5.23. The smallest absolute Gasteiger partial charge is 0.323 e. The van der Waals surface area contributed by atoms with Crippen LogP contribution >= 0.6 is 0 Å². The molecule has 88 valence electrons. The molecule has 1 unspecified atom stereocenters. The summed E-state index contributed by atoms with van der Waals surface area (Å²) in [5.74, 6) is -0.00926. The number of rotatable bonds is 5. The van der Waals surface area contributed by atoms with Crippen molar-refractivity contribution in [1.29, 1.82) is 0 Å². The minimum absolute atomic E-state index is 0.00926. The van der Waals surface area contributed by atoms with E-state index in [0.717, 1.165) is 38.8 Å². The molecule has 1 aliphatic heterocycles. The Hall–Kier alpha value is -0.570. The van der Waals surface area contributed by atoms with Crippen molar-refractivity contribution in [2.75, 3.05) is 19.7 Å². The van der Waals surface area contributed by atoms with Crippen LogP contribution in [0.1, 0.15) is 46.0 Å². The lowest BCUT2D eigenvalue weighted by Gasteiger charge is -2.33. The van der Waals surface area contributed by atoms with E-state index in [2.05, 4.69) is 11.8 Å². The summed E-state index contributed by atoms with van der Waals surface area (Å²) in [7, 11) is 0. The van der Waals surface area contributed by atoms with Crippen LogP contribution in [0.2, 0.25) is 0 Å². The zero-order valence-corrected chi connectivity index (χ0v) is 10.00. The Labute approximate surface area is 92.8 Å². The lowest BCUT2D eigenvalue weighted by atomic mass is 10.0. The number of esters is 1. The first-order chi connectivity index (χ1) is 7.29. The first kappa shape index (κ1) is 12.5. The van der Waals surface area contributed by atoms with Crippen LogP contribution in [0.15, 0.2) is 0 Å². The maximum absolute atomic E-state index is 11.8. The molecule has 0 saturated carbocycles. The predicted molar refractivity (Wildman–Crippen MR) is 60.8 cm³/mol. The van der Waals surface area contributed by atoms with E-state index in [4.69, 9.17) is 4.74 Å². The quantitative estimate of drug-likeness (QED) is 0.656. The molecule has 0 radical (unpaired) electrons. The number of carbonyl (C=O) groups is 1. The topological polar surface area (TPSA) is 29.5 Å². The number of hydrogen-bond acceptors (Lipinski definition) is 3. The molecule has 0 aromatic heterocycles. The molecular formula is C12H23NO2. The average molecular weight is 213 g/mol. The molecule has 0 aromatic carbocycles. The maximum Gasteiger partial charge on any atom is 0.323 e. The van der Waals surface area contributed by atoms with Gasteiger partial charge in [-0.15, -0.1) is 0 Å². The highest BCUT2D eigenvalue weighted by molar-refractivity contribution is 5.75. The Morgan fingerprint density at radius 2 is 2.13 bits per heavy atom. The summed E-state index contributed by atoms with van der Waals surface area (Å²) in [6.45, 7) is 6.82. The first-order valence-electron chi connectivity index (χ1n) is 6.20. The second kappa shape index (κ2) is 6.83. The molecule has 1 atom stereocenters. The molecule has 1 fully saturated rings. The number of ether oxygens (including phenoxy) is 1. The van der Waals surface area contributed by atoms with Crippen LogP contribution in [0.25, 0.3) is 0 Å². The van der Waals surface area contributed by atoms with Gasteiger partial charge >= 0.3 is 5.97 Å². The molecule has 0 aromatic rings. The predicted octanol–water partition coefficient (Wildman–Crippen LogP) is 2.20. The van der Waals surface area contributed by atoms with E-state index < -0.39 is 0 Å². The Morgan fingerprint density at radius 1 is 1.33 bits per heavy atom. The highest BCUT2D eigenvalue weighted by Crippen LogP contribution is 2.18. The molecule has 1 heterocycles. The van der Waals surface area contributed by atoms with E-state index in [9.17, 15) is 4.79 Å². The van der Waals surface area contributed by atoms with Crippen LogP contribution in [0, 0.1) is 0 Å². The van der Waals surface area contributed by atoms with Gasteiger partial charge in [0.25, 0.3) is 0 Å². The minimum Gasteiger partial charge on any atom is -0.465 e. The Morgan fingerprint density at radius 3 is 2.80 bits per heavy atom. The Bertz CT molecular complexity index is 192. The van der Waals surface area contributed by atoms with Gasteiger partial charge in [0, 0.05) is 0 Å². The van der Waals surface area contributed by atoms with E-state index in [1.165, 1.54) is 6.42 Å². The van der Waals surface area contributed by atoms with Crippen molar-refractivity contribution >= 4 is 5.97 Å². The van der Waals surface area contributed by atoms with Crippen molar-refractivity contribution in [3.05, 3.63) is 0 Å². The molecule has 0 amide bonds. The molecule has 15 heavy (non-hydrogen) atoms. The molecule has 3 heteroatoms. The monoisotopic (exact) mass is 213 g/mol. The highest BCUT2D eigenvalue weighted by Gasteiger charge is 2.28. The summed E-state index contributed by atoms with van der Waals surface area (Å²) in [5.41, 5.74) is 0. The van der Waals surface area contributed by atoms with Crippen LogP contribution in [-0.4, -0.2) is 36.6 Å². The molecular weight excluding hydrogens is 190 g/mol. The molecule has 1 saturated heterocycles. The zero-order chi connectivity index (χ0) is 11.1. The van der Waals surface area contributed by atoms with Gasteiger partial charge in [0.2, 0.25) is 0 Å².